The van der Waals surface area contributed by atoms with E-state index in [0.717, 1.165) is 19.4 Å². The van der Waals surface area contributed by atoms with Crippen LogP contribution in [0.25, 0.3) is 0 Å². The van der Waals surface area contributed by atoms with E-state index in [1.807, 2.05) is 0 Å². The van der Waals surface area contributed by atoms with Gasteiger partial charge in [-0.25, -0.2) is 5.43 Å². The lowest BCUT2D eigenvalue weighted by atomic mass is 10.2. The number of hydrazine groups is 1. The maximum absolute atomic E-state index is 11.8. The van der Waals surface area contributed by atoms with Gasteiger partial charge in [-0.15, -0.1) is 12.4 Å². The Morgan fingerprint density at radius 3 is 2.37 bits per heavy atom. The molecular formula is C12H17Cl3N2O2. The number of ether oxygens (including phenoxy) is 1. The minimum absolute atomic E-state index is 0. The van der Waals surface area contributed by atoms with Crippen molar-refractivity contribution >= 4 is 41.5 Å². The molecule has 0 aliphatic carbocycles. The molecule has 7 heteroatoms. The monoisotopic (exact) mass is 326 g/mol. The van der Waals surface area contributed by atoms with Gasteiger partial charge in [-0.1, -0.05) is 36.5 Å². The highest BCUT2D eigenvalue weighted by Gasteiger charge is 2.12. The fourth-order valence-corrected chi connectivity index (χ4v) is 2.01. The average molecular weight is 328 g/mol. The Morgan fingerprint density at radius 2 is 1.89 bits per heavy atom. The van der Waals surface area contributed by atoms with Gasteiger partial charge in [0.2, 0.25) is 0 Å². The number of carbonyl (C=O) groups excluding carboxylic acids is 1. The molecule has 0 spiro atoms. The van der Waals surface area contributed by atoms with Crippen molar-refractivity contribution < 1.29 is 9.53 Å². The van der Waals surface area contributed by atoms with Gasteiger partial charge in [0.25, 0.3) is 5.91 Å². The number of hydrogen-bond acceptors (Lipinski definition) is 3. The van der Waals surface area contributed by atoms with Crippen LogP contribution < -0.4 is 15.6 Å². The summed E-state index contributed by atoms with van der Waals surface area (Å²) in [5.41, 5.74) is 5.80. The van der Waals surface area contributed by atoms with Crippen LogP contribution in [-0.2, 0) is 0 Å². The van der Waals surface area contributed by atoms with Crippen LogP contribution in [0.15, 0.2) is 12.1 Å². The van der Waals surface area contributed by atoms with Gasteiger partial charge in [-0.3, -0.25) is 10.2 Å². The van der Waals surface area contributed by atoms with Crippen LogP contribution in [0.1, 0.15) is 30.1 Å². The van der Waals surface area contributed by atoms with E-state index in [1.54, 1.807) is 0 Å². The molecule has 0 aliphatic rings. The van der Waals surface area contributed by atoms with E-state index in [-0.39, 0.29) is 18.3 Å². The topological polar surface area (TPSA) is 50.4 Å². The highest BCUT2D eigenvalue weighted by molar-refractivity contribution is 6.37. The molecule has 0 atom stereocenters. The molecule has 1 aromatic carbocycles. The summed E-state index contributed by atoms with van der Waals surface area (Å²) in [6, 6.07) is 3.03. The molecule has 0 aliphatic heterocycles. The number of amides is 1. The van der Waals surface area contributed by atoms with Crippen molar-refractivity contribution in [1.82, 2.24) is 10.9 Å². The molecule has 0 saturated heterocycles. The van der Waals surface area contributed by atoms with E-state index in [9.17, 15) is 4.79 Å². The molecule has 4 nitrogen and oxygen atoms in total. The van der Waals surface area contributed by atoms with Gasteiger partial charge in [0.1, 0.15) is 0 Å². The molecule has 0 aromatic heterocycles. The summed E-state index contributed by atoms with van der Waals surface area (Å²) in [5, 5.41) is 0.618. The van der Waals surface area contributed by atoms with E-state index in [4.69, 9.17) is 27.9 Å². The van der Waals surface area contributed by atoms with E-state index in [2.05, 4.69) is 17.8 Å². The quantitative estimate of drug-likeness (QED) is 0.621. The third kappa shape index (κ3) is 5.45. The van der Waals surface area contributed by atoms with Crippen molar-refractivity contribution in [2.75, 3.05) is 13.7 Å². The number of carbonyl (C=O) groups is 1. The Hall–Kier alpha value is -0.680. The van der Waals surface area contributed by atoms with Crippen molar-refractivity contribution in [3.8, 4) is 5.75 Å². The van der Waals surface area contributed by atoms with E-state index in [1.165, 1.54) is 19.2 Å². The average Bonchev–Trinajstić information content (AvgIpc) is 2.34. The Kier molecular flexibility index (Phi) is 8.93. The summed E-state index contributed by atoms with van der Waals surface area (Å²) in [7, 11) is 1.47. The first-order valence-electron chi connectivity index (χ1n) is 5.66. The zero-order valence-corrected chi connectivity index (χ0v) is 13.1. The van der Waals surface area contributed by atoms with Crippen LogP contribution in [0.2, 0.25) is 10.0 Å². The number of nitrogens with one attached hydrogen (secondary N) is 2. The van der Waals surface area contributed by atoms with Crippen molar-refractivity contribution in [2.45, 2.75) is 19.8 Å². The maximum Gasteiger partial charge on any atom is 0.265 e. The predicted octanol–water partition coefficient (Wildman–Crippen LogP) is 3.46. The molecule has 0 radical (unpaired) electrons. The van der Waals surface area contributed by atoms with Crippen molar-refractivity contribution in [3.05, 3.63) is 27.7 Å². The molecule has 0 saturated carbocycles. The number of rotatable bonds is 6. The van der Waals surface area contributed by atoms with Crippen LogP contribution in [0.3, 0.4) is 0 Å². The van der Waals surface area contributed by atoms with Gasteiger partial charge in [0, 0.05) is 12.1 Å². The Morgan fingerprint density at radius 1 is 1.32 bits per heavy atom. The summed E-state index contributed by atoms with van der Waals surface area (Å²) >= 11 is 11.9. The molecule has 1 amide bonds. The van der Waals surface area contributed by atoms with E-state index >= 15 is 0 Å². The van der Waals surface area contributed by atoms with Crippen molar-refractivity contribution in [3.63, 3.8) is 0 Å². The number of halogens is 3. The highest BCUT2D eigenvalue weighted by atomic mass is 35.5. The first-order valence-corrected chi connectivity index (χ1v) is 6.42. The normalized spacial score (nSPS) is 9.68. The molecule has 19 heavy (non-hydrogen) atoms. The summed E-state index contributed by atoms with van der Waals surface area (Å²) in [4.78, 5) is 11.8. The Labute approximate surface area is 129 Å². The minimum Gasteiger partial charge on any atom is -0.494 e. The molecule has 0 fully saturated rings. The standard InChI is InChI=1S/C12H16Cl2N2O2.ClH/c1-3-4-5-15-16-12(17)8-6-9(13)11(18-2)10(14)7-8;/h6-7,15H,3-5H2,1-2H3,(H,16,17);1H. The molecule has 2 N–H and O–H groups in total. The lowest BCUT2D eigenvalue weighted by Gasteiger charge is -2.10. The third-order valence-corrected chi connectivity index (χ3v) is 2.88. The summed E-state index contributed by atoms with van der Waals surface area (Å²) in [6.07, 6.45) is 2.05. The number of unbranched alkanes of at least 4 members (excludes halogenated alkanes) is 1. The van der Waals surface area contributed by atoms with Gasteiger partial charge < -0.3 is 4.74 Å². The van der Waals surface area contributed by atoms with Crippen LogP contribution in [0.4, 0.5) is 0 Å². The van der Waals surface area contributed by atoms with E-state index in [0.29, 0.717) is 21.4 Å². The van der Waals surface area contributed by atoms with Crippen molar-refractivity contribution in [2.24, 2.45) is 0 Å². The second kappa shape index (κ2) is 9.26. The van der Waals surface area contributed by atoms with Gasteiger partial charge in [-0.05, 0) is 18.6 Å². The fourth-order valence-electron chi connectivity index (χ4n) is 1.37. The molecular weight excluding hydrogens is 311 g/mol. The summed E-state index contributed by atoms with van der Waals surface area (Å²) in [6.45, 7) is 2.80. The Balaban J connectivity index is 0.00000324. The predicted molar refractivity (Wildman–Crippen MR) is 80.6 cm³/mol. The number of methoxy groups -OCH3 is 1. The van der Waals surface area contributed by atoms with Crippen molar-refractivity contribution in [1.29, 1.82) is 0 Å². The lowest BCUT2D eigenvalue weighted by Crippen LogP contribution is -2.37. The SMILES string of the molecule is CCCCNNC(=O)c1cc(Cl)c(OC)c(Cl)c1.Cl. The largest absolute Gasteiger partial charge is 0.494 e. The minimum atomic E-state index is -0.280. The highest BCUT2D eigenvalue weighted by Crippen LogP contribution is 2.33. The lowest BCUT2D eigenvalue weighted by molar-refractivity contribution is 0.0933. The molecule has 108 valence electrons. The van der Waals surface area contributed by atoms with Crippen LogP contribution >= 0.6 is 35.6 Å². The zero-order valence-electron chi connectivity index (χ0n) is 10.8. The van der Waals surface area contributed by atoms with Gasteiger partial charge >= 0.3 is 0 Å². The Bertz CT molecular complexity index is 404. The second-order valence-electron chi connectivity index (χ2n) is 3.71. The molecule has 0 heterocycles. The zero-order chi connectivity index (χ0) is 13.5. The maximum atomic E-state index is 11.8. The second-order valence-corrected chi connectivity index (χ2v) is 4.52. The molecule has 0 unspecified atom stereocenters. The van der Waals surface area contributed by atoms with Crippen LogP contribution in [0, 0.1) is 0 Å². The smallest absolute Gasteiger partial charge is 0.265 e. The molecule has 1 rings (SSSR count). The summed E-state index contributed by atoms with van der Waals surface area (Å²) in [5.74, 6) is 0.0892. The summed E-state index contributed by atoms with van der Waals surface area (Å²) < 4.78 is 5.01. The number of hydrogen-bond donors (Lipinski definition) is 2. The molecule has 0 bridgehead atoms. The van der Waals surface area contributed by atoms with Gasteiger partial charge in [-0.2, -0.15) is 0 Å². The van der Waals surface area contributed by atoms with Crippen LogP contribution in [0.5, 0.6) is 5.75 Å². The molecule has 1 aromatic rings. The van der Waals surface area contributed by atoms with E-state index < -0.39 is 0 Å². The fraction of sp³-hybridized carbons (Fsp3) is 0.417. The van der Waals surface area contributed by atoms with Gasteiger partial charge in [0.05, 0.1) is 17.2 Å². The first kappa shape index (κ1) is 18.3. The number of benzene rings is 1. The first-order chi connectivity index (χ1) is 8.60. The van der Waals surface area contributed by atoms with Crippen LogP contribution in [-0.4, -0.2) is 19.6 Å². The third-order valence-electron chi connectivity index (χ3n) is 2.32. The van der Waals surface area contributed by atoms with Gasteiger partial charge in [0.15, 0.2) is 5.75 Å².